The van der Waals surface area contributed by atoms with Crippen molar-refractivity contribution in [2.24, 2.45) is 7.05 Å². The topological polar surface area (TPSA) is 107 Å². The summed E-state index contributed by atoms with van der Waals surface area (Å²) < 4.78 is 27.8. The number of halogens is 1. The smallest absolute Gasteiger partial charge is 0.220 e. The molecule has 0 amide bonds. The molecule has 1 saturated carbocycles. The fourth-order valence-electron chi connectivity index (χ4n) is 3.41. The summed E-state index contributed by atoms with van der Waals surface area (Å²) in [5, 5.41) is 19.0. The summed E-state index contributed by atoms with van der Waals surface area (Å²) in [5.41, 5.74) is 1.69. The van der Waals surface area contributed by atoms with Gasteiger partial charge in [-0.25, -0.2) is 17.8 Å². The predicted molar refractivity (Wildman–Crippen MR) is 110 cm³/mol. The molecule has 4 rings (SSSR count). The Morgan fingerprint density at radius 2 is 2.07 bits per heavy atom. The van der Waals surface area contributed by atoms with Crippen LogP contribution in [-0.4, -0.2) is 45.1 Å². The van der Waals surface area contributed by atoms with Crippen molar-refractivity contribution in [2.45, 2.75) is 24.5 Å². The molecule has 1 N–H and O–H groups in total. The van der Waals surface area contributed by atoms with E-state index >= 15 is 0 Å². The number of hydrogen-bond acceptors (Lipinski definition) is 6. The van der Waals surface area contributed by atoms with E-state index < -0.39 is 15.6 Å². The van der Waals surface area contributed by atoms with E-state index in [1.807, 2.05) is 0 Å². The molecule has 10 heteroatoms. The van der Waals surface area contributed by atoms with Crippen molar-refractivity contribution in [1.29, 1.82) is 0 Å². The van der Waals surface area contributed by atoms with Crippen LogP contribution in [0.3, 0.4) is 0 Å². The number of benzene rings is 1. The Kier molecular flexibility index (Phi) is 4.86. The van der Waals surface area contributed by atoms with Crippen molar-refractivity contribution >= 4 is 31.6 Å². The molecule has 2 heterocycles. The molecule has 0 unspecified atom stereocenters. The summed E-state index contributed by atoms with van der Waals surface area (Å²) in [6, 6.07) is 4.96. The maximum absolute atomic E-state index is 13.5. The number of rotatable bonds is 6. The molecule has 0 aliphatic heterocycles. The number of ketones is 1. The zero-order valence-electron chi connectivity index (χ0n) is 15.8. The first kappa shape index (κ1) is 19.8. The monoisotopic (exact) mass is 478 g/mol. The quantitative estimate of drug-likeness (QED) is 0.545. The van der Waals surface area contributed by atoms with Gasteiger partial charge in [-0.1, -0.05) is 0 Å². The van der Waals surface area contributed by atoms with Gasteiger partial charge in [0.15, 0.2) is 9.84 Å². The van der Waals surface area contributed by atoms with Gasteiger partial charge in [-0.15, -0.1) is 0 Å². The van der Waals surface area contributed by atoms with E-state index in [2.05, 4.69) is 26.1 Å². The third-order valence-electron chi connectivity index (χ3n) is 4.85. The number of carbonyl (C=O) groups excluding carboxylic acids is 1. The fourth-order valence-corrected chi connectivity index (χ4v) is 4.78. The first-order chi connectivity index (χ1) is 13.7. The van der Waals surface area contributed by atoms with Gasteiger partial charge in [0, 0.05) is 47.2 Å². The van der Waals surface area contributed by atoms with E-state index in [0.29, 0.717) is 21.4 Å². The van der Waals surface area contributed by atoms with Crippen LogP contribution in [0.4, 0.5) is 0 Å². The summed E-state index contributed by atoms with van der Waals surface area (Å²) in [5.74, 6) is -0.870. The molecule has 1 aliphatic rings. The maximum atomic E-state index is 13.5. The molecule has 0 saturated heterocycles. The van der Waals surface area contributed by atoms with E-state index in [1.165, 1.54) is 9.36 Å². The molecule has 0 atom stereocenters. The van der Waals surface area contributed by atoms with Gasteiger partial charge < -0.3 is 5.11 Å². The van der Waals surface area contributed by atoms with Crippen molar-refractivity contribution in [3.05, 3.63) is 57.4 Å². The van der Waals surface area contributed by atoms with Crippen molar-refractivity contribution < 1.29 is 18.3 Å². The average Bonchev–Trinajstić information content (AvgIpc) is 3.26. The SMILES string of the molecule is Cn1nc(C2CC2)c(C(=O)c2ccc(Br)c(-n3cccn3)c2CS(C)(=O)=O)c1O. The van der Waals surface area contributed by atoms with Crippen LogP contribution in [0.25, 0.3) is 5.69 Å². The molecule has 8 nitrogen and oxygen atoms in total. The van der Waals surface area contributed by atoms with E-state index in [1.54, 1.807) is 37.6 Å². The molecule has 1 aliphatic carbocycles. The lowest BCUT2D eigenvalue weighted by Gasteiger charge is -2.16. The predicted octanol–water partition coefficient (Wildman–Crippen LogP) is 2.73. The Morgan fingerprint density at radius 1 is 1.34 bits per heavy atom. The Balaban J connectivity index is 1.95. The number of hydrogen-bond donors (Lipinski definition) is 1. The zero-order chi connectivity index (χ0) is 20.9. The van der Waals surface area contributed by atoms with Crippen LogP contribution in [0.15, 0.2) is 35.1 Å². The minimum absolute atomic E-state index is 0.137. The van der Waals surface area contributed by atoms with Crippen LogP contribution in [-0.2, 0) is 22.6 Å². The molecule has 0 bridgehead atoms. The first-order valence-electron chi connectivity index (χ1n) is 8.97. The number of aryl methyl sites for hydroxylation is 1. The number of aromatic hydroxyl groups is 1. The number of sulfone groups is 1. The molecule has 1 aromatic carbocycles. The van der Waals surface area contributed by atoms with Gasteiger partial charge in [-0.05, 0) is 47.0 Å². The lowest BCUT2D eigenvalue weighted by Crippen LogP contribution is -2.15. The summed E-state index contributed by atoms with van der Waals surface area (Å²) in [6.45, 7) is 0. The van der Waals surface area contributed by atoms with Gasteiger partial charge in [-0.2, -0.15) is 10.2 Å². The molecule has 152 valence electrons. The second kappa shape index (κ2) is 7.10. The second-order valence-corrected chi connectivity index (χ2v) is 10.2. The molecular weight excluding hydrogens is 460 g/mol. The van der Waals surface area contributed by atoms with Crippen LogP contribution in [0, 0.1) is 0 Å². The summed E-state index contributed by atoms with van der Waals surface area (Å²) >= 11 is 3.45. The highest BCUT2D eigenvalue weighted by molar-refractivity contribution is 9.10. The zero-order valence-corrected chi connectivity index (χ0v) is 18.2. The van der Waals surface area contributed by atoms with Gasteiger partial charge >= 0.3 is 0 Å². The second-order valence-electron chi connectivity index (χ2n) is 7.25. The molecule has 2 aromatic heterocycles. The molecule has 29 heavy (non-hydrogen) atoms. The summed E-state index contributed by atoms with van der Waals surface area (Å²) in [6.07, 6.45) is 6.18. The van der Waals surface area contributed by atoms with Crippen LogP contribution in [0.1, 0.15) is 45.9 Å². The third-order valence-corrected chi connectivity index (χ3v) is 6.31. The van der Waals surface area contributed by atoms with Crippen molar-refractivity contribution in [3.63, 3.8) is 0 Å². The van der Waals surface area contributed by atoms with E-state index in [-0.39, 0.29) is 28.7 Å². The normalized spacial score (nSPS) is 14.3. The Hall–Kier alpha value is -2.46. The van der Waals surface area contributed by atoms with Gasteiger partial charge in [0.05, 0.1) is 17.1 Å². The van der Waals surface area contributed by atoms with Crippen molar-refractivity contribution in [1.82, 2.24) is 19.6 Å². The van der Waals surface area contributed by atoms with Gasteiger partial charge in [-0.3, -0.25) is 4.79 Å². The Morgan fingerprint density at radius 3 is 2.66 bits per heavy atom. The van der Waals surface area contributed by atoms with E-state index in [4.69, 9.17) is 0 Å². The minimum Gasteiger partial charge on any atom is -0.493 e. The van der Waals surface area contributed by atoms with Crippen LogP contribution < -0.4 is 0 Å². The number of nitrogens with zero attached hydrogens (tertiary/aromatic N) is 4. The third kappa shape index (κ3) is 3.74. The van der Waals surface area contributed by atoms with Gasteiger partial charge in [0.25, 0.3) is 0 Å². The highest BCUT2D eigenvalue weighted by Gasteiger charge is 2.35. The summed E-state index contributed by atoms with van der Waals surface area (Å²) in [7, 11) is -1.89. The standard InChI is InChI=1S/C19H19BrN4O4S/c1-23-19(26)15(16(22-23)11-4-5-11)18(25)12-6-7-14(20)17(24-9-3-8-21-24)13(12)10-29(2,27)28/h3,6-9,11,26H,4-5,10H2,1-2H3. The maximum Gasteiger partial charge on any atom is 0.220 e. The van der Waals surface area contributed by atoms with Crippen molar-refractivity contribution in [3.8, 4) is 11.6 Å². The highest BCUT2D eigenvalue weighted by atomic mass is 79.9. The largest absolute Gasteiger partial charge is 0.493 e. The molecule has 0 radical (unpaired) electrons. The number of carbonyl (C=O) groups is 1. The van der Waals surface area contributed by atoms with Crippen molar-refractivity contribution in [2.75, 3.05) is 6.26 Å². The van der Waals surface area contributed by atoms with Gasteiger partial charge in [0.2, 0.25) is 11.7 Å². The molecule has 3 aromatic rings. The first-order valence-corrected chi connectivity index (χ1v) is 11.8. The lowest BCUT2D eigenvalue weighted by atomic mass is 9.96. The number of aromatic nitrogens is 4. The van der Waals surface area contributed by atoms with E-state index in [0.717, 1.165) is 19.1 Å². The molecule has 0 spiro atoms. The van der Waals surface area contributed by atoms with E-state index in [9.17, 15) is 18.3 Å². The van der Waals surface area contributed by atoms with Crippen LogP contribution in [0.5, 0.6) is 5.88 Å². The summed E-state index contributed by atoms with van der Waals surface area (Å²) in [4.78, 5) is 13.5. The Labute approximate surface area is 176 Å². The highest BCUT2D eigenvalue weighted by Crippen LogP contribution is 2.44. The molecular formula is C19H19BrN4O4S. The van der Waals surface area contributed by atoms with Gasteiger partial charge in [0.1, 0.15) is 5.56 Å². The Bertz CT molecular complexity index is 1210. The van der Waals surface area contributed by atoms with Crippen LogP contribution >= 0.6 is 15.9 Å². The average molecular weight is 479 g/mol. The van der Waals surface area contributed by atoms with Crippen LogP contribution in [0.2, 0.25) is 0 Å². The molecule has 1 fully saturated rings. The fraction of sp³-hybridized carbons (Fsp3) is 0.316. The lowest BCUT2D eigenvalue weighted by molar-refractivity contribution is 0.103. The minimum atomic E-state index is -3.46.